The minimum absolute atomic E-state index is 0.0540. The second-order valence-electron chi connectivity index (χ2n) is 3.87. The lowest BCUT2D eigenvalue weighted by Gasteiger charge is -2.05. The van der Waals surface area contributed by atoms with Crippen molar-refractivity contribution in [1.29, 1.82) is 5.41 Å². The summed E-state index contributed by atoms with van der Waals surface area (Å²) in [4.78, 5) is 5.15. The first-order valence-electron chi connectivity index (χ1n) is 5.82. The van der Waals surface area contributed by atoms with Gasteiger partial charge in [0.05, 0.1) is 15.6 Å². The standard InChI is InChI=1S/C13H14ClN3OS/c1-2-9-12(13(15)16)19-11(17-9)7-18-10-6-4-3-5-8(10)14/h3-6H,2,7H2,1H3,(H3,15,16). The van der Waals surface area contributed by atoms with E-state index < -0.39 is 0 Å². The number of rotatable bonds is 5. The molecule has 0 fully saturated rings. The highest BCUT2D eigenvalue weighted by Gasteiger charge is 2.12. The lowest BCUT2D eigenvalue weighted by atomic mass is 10.3. The number of amidine groups is 1. The van der Waals surface area contributed by atoms with Crippen LogP contribution in [0.25, 0.3) is 0 Å². The molecule has 0 spiro atoms. The Morgan fingerprint density at radius 1 is 1.47 bits per heavy atom. The third-order valence-corrected chi connectivity index (χ3v) is 3.93. The normalized spacial score (nSPS) is 10.4. The van der Waals surface area contributed by atoms with Crippen molar-refractivity contribution in [2.75, 3.05) is 0 Å². The third kappa shape index (κ3) is 3.24. The highest BCUT2D eigenvalue weighted by molar-refractivity contribution is 7.13. The van der Waals surface area contributed by atoms with Crippen LogP contribution in [-0.4, -0.2) is 10.8 Å². The first-order valence-corrected chi connectivity index (χ1v) is 7.01. The molecule has 3 N–H and O–H groups in total. The quantitative estimate of drug-likeness (QED) is 0.657. The van der Waals surface area contributed by atoms with Gasteiger partial charge in [0.15, 0.2) is 0 Å². The summed E-state index contributed by atoms with van der Waals surface area (Å²) in [5.74, 6) is 0.681. The summed E-state index contributed by atoms with van der Waals surface area (Å²) in [7, 11) is 0. The van der Waals surface area contributed by atoms with Gasteiger partial charge in [0, 0.05) is 0 Å². The number of hydrogen-bond donors (Lipinski definition) is 2. The highest BCUT2D eigenvalue weighted by Crippen LogP contribution is 2.25. The summed E-state index contributed by atoms with van der Waals surface area (Å²) >= 11 is 7.40. The van der Waals surface area contributed by atoms with Crippen LogP contribution in [0.2, 0.25) is 5.02 Å². The number of para-hydroxylation sites is 1. The van der Waals surface area contributed by atoms with E-state index >= 15 is 0 Å². The molecule has 0 aliphatic rings. The van der Waals surface area contributed by atoms with E-state index in [9.17, 15) is 0 Å². The Hall–Kier alpha value is -1.59. The number of hydrogen-bond acceptors (Lipinski definition) is 4. The molecule has 6 heteroatoms. The fourth-order valence-corrected chi connectivity index (χ4v) is 2.73. The van der Waals surface area contributed by atoms with Gasteiger partial charge in [-0.15, -0.1) is 11.3 Å². The molecule has 100 valence electrons. The van der Waals surface area contributed by atoms with Crippen LogP contribution >= 0.6 is 22.9 Å². The van der Waals surface area contributed by atoms with Crippen molar-refractivity contribution in [2.45, 2.75) is 20.0 Å². The number of aryl methyl sites for hydroxylation is 1. The number of ether oxygens (including phenoxy) is 1. The molecule has 0 unspecified atom stereocenters. The zero-order valence-corrected chi connectivity index (χ0v) is 12.0. The number of benzene rings is 1. The van der Waals surface area contributed by atoms with Crippen LogP contribution in [0.3, 0.4) is 0 Å². The minimum atomic E-state index is 0.0540. The molecule has 0 saturated carbocycles. The number of halogens is 1. The van der Waals surface area contributed by atoms with Crippen molar-refractivity contribution in [1.82, 2.24) is 4.98 Å². The summed E-state index contributed by atoms with van der Waals surface area (Å²) in [6.07, 6.45) is 0.748. The van der Waals surface area contributed by atoms with Gasteiger partial charge >= 0.3 is 0 Å². The molecule has 1 aromatic heterocycles. The summed E-state index contributed by atoms with van der Waals surface area (Å²) in [6, 6.07) is 7.29. The molecule has 0 aliphatic carbocycles. The Kier molecular flexibility index (Phi) is 4.39. The predicted molar refractivity (Wildman–Crippen MR) is 78.3 cm³/mol. The molecule has 0 amide bonds. The van der Waals surface area contributed by atoms with Gasteiger partial charge in [0.2, 0.25) is 0 Å². The second-order valence-corrected chi connectivity index (χ2v) is 5.36. The molecular formula is C13H14ClN3OS. The third-order valence-electron chi connectivity index (χ3n) is 2.51. The number of aromatic nitrogens is 1. The minimum Gasteiger partial charge on any atom is -0.485 e. The Bertz CT molecular complexity index is 597. The van der Waals surface area contributed by atoms with Crippen molar-refractivity contribution < 1.29 is 4.74 Å². The van der Waals surface area contributed by atoms with E-state index in [2.05, 4.69) is 4.98 Å². The molecule has 0 atom stereocenters. The van der Waals surface area contributed by atoms with E-state index in [1.807, 2.05) is 25.1 Å². The molecule has 0 saturated heterocycles. The van der Waals surface area contributed by atoms with Crippen LogP contribution in [0.5, 0.6) is 5.75 Å². The van der Waals surface area contributed by atoms with Crippen molar-refractivity contribution in [3.05, 3.63) is 44.9 Å². The Labute approximate surface area is 120 Å². The zero-order chi connectivity index (χ0) is 13.8. The topological polar surface area (TPSA) is 72.0 Å². The lowest BCUT2D eigenvalue weighted by Crippen LogP contribution is -2.11. The van der Waals surface area contributed by atoms with Gasteiger partial charge in [-0.1, -0.05) is 30.7 Å². The van der Waals surface area contributed by atoms with Gasteiger partial charge in [-0.25, -0.2) is 4.98 Å². The first-order chi connectivity index (χ1) is 9.11. The molecule has 19 heavy (non-hydrogen) atoms. The predicted octanol–water partition coefficient (Wildman–Crippen LogP) is 3.22. The molecule has 1 heterocycles. The maximum atomic E-state index is 7.51. The van der Waals surface area contributed by atoms with E-state index in [4.69, 9.17) is 27.5 Å². The van der Waals surface area contributed by atoms with Crippen molar-refractivity contribution in [3.63, 3.8) is 0 Å². The molecule has 1 aromatic carbocycles. The van der Waals surface area contributed by atoms with Gasteiger partial charge in [-0.2, -0.15) is 0 Å². The molecule has 2 aromatic rings. The second kappa shape index (κ2) is 6.04. The Morgan fingerprint density at radius 3 is 2.79 bits per heavy atom. The van der Waals surface area contributed by atoms with E-state index in [1.165, 1.54) is 11.3 Å². The van der Waals surface area contributed by atoms with Crippen molar-refractivity contribution in [2.24, 2.45) is 5.73 Å². The fraction of sp³-hybridized carbons (Fsp3) is 0.231. The van der Waals surface area contributed by atoms with Gasteiger partial charge in [-0.3, -0.25) is 5.41 Å². The maximum absolute atomic E-state index is 7.51. The zero-order valence-electron chi connectivity index (χ0n) is 10.4. The number of nitrogen functional groups attached to an aromatic ring is 1. The lowest BCUT2D eigenvalue weighted by molar-refractivity contribution is 0.305. The smallest absolute Gasteiger partial charge is 0.140 e. The van der Waals surface area contributed by atoms with E-state index in [0.29, 0.717) is 17.4 Å². The number of nitrogens with one attached hydrogen (secondary N) is 1. The molecule has 0 aliphatic heterocycles. The SMILES string of the molecule is CCc1nc(COc2ccccc2Cl)sc1C(=N)N. The van der Waals surface area contributed by atoms with Gasteiger partial charge in [0.1, 0.15) is 23.2 Å². The van der Waals surface area contributed by atoms with E-state index in [1.54, 1.807) is 6.07 Å². The van der Waals surface area contributed by atoms with E-state index in [-0.39, 0.29) is 5.84 Å². The average Bonchev–Trinajstić information content (AvgIpc) is 2.81. The molecule has 4 nitrogen and oxygen atoms in total. The monoisotopic (exact) mass is 295 g/mol. The number of thiazole rings is 1. The van der Waals surface area contributed by atoms with Gasteiger partial charge in [-0.05, 0) is 18.6 Å². The van der Waals surface area contributed by atoms with Crippen LogP contribution < -0.4 is 10.5 Å². The molecule has 0 bridgehead atoms. The van der Waals surface area contributed by atoms with Crippen LogP contribution in [0.1, 0.15) is 22.5 Å². The van der Waals surface area contributed by atoms with Gasteiger partial charge in [0.25, 0.3) is 0 Å². The molecule has 0 radical (unpaired) electrons. The van der Waals surface area contributed by atoms with Crippen LogP contribution in [0, 0.1) is 5.41 Å². The van der Waals surface area contributed by atoms with Gasteiger partial charge < -0.3 is 10.5 Å². The Balaban J connectivity index is 2.12. The summed E-state index contributed by atoms with van der Waals surface area (Å²) in [5.41, 5.74) is 6.37. The largest absolute Gasteiger partial charge is 0.485 e. The molecular weight excluding hydrogens is 282 g/mol. The fourth-order valence-electron chi connectivity index (χ4n) is 1.61. The number of nitrogens with zero attached hydrogens (tertiary/aromatic N) is 1. The average molecular weight is 296 g/mol. The number of nitrogens with two attached hydrogens (primary N) is 1. The van der Waals surface area contributed by atoms with Crippen molar-refractivity contribution >= 4 is 28.8 Å². The van der Waals surface area contributed by atoms with Crippen LogP contribution in [-0.2, 0) is 13.0 Å². The molecule has 2 rings (SSSR count). The highest BCUT2D eigenvalue weighted by atomic mass is 35.5. The summed E-state index contributed by atoms with van der Waals surface area (Å²) < 4.78 is 5.62. The maximum Gasteiger partial charge on any atom is 0.140 e. The first kappa shape index (κ1) is 13.8. The summed E-state index contributed by atoms with van der Waals surface area (Å²) in [6.45, 7) is 2.31. The Morgan fingerprint density at radius 2 is 2.21 bits per heavy atom. The summed E-state index contributed by atoms with van der Waals surface area (Å²) in [5, 5.41) is 8.87. The van der Waals surface area contributed by atoms with E-state index in [0.717, 1.165) is 22.0 Å². The van der Waals surface area contributed by atoms with Crippen LogP contribution in [0.4, 0.5) is 0 Å². The van der Waals surface area contributed by atoms with Crippen LogP contribution in [0.15, 0.2) is 24.3 Å². The van der Waals surface area contributed by atoms with Crippen molar-refractivity contribution in [3.8, 4) is 5.75 Å².